The highest BCUT2D eigenvalue weighted by molar-refractivity contribution is 5.87. The molecule has 4 aliphatic rings. The predicted molar refractivity (Wildman–Crippen MR) is 116 cm³/mol. The Hall–Kier alpha value is -1.65. The zero-order valence-corrected chi connectivity index (χ0v) is 17.6. The van der Waals surface area contributed by atoms with Crippen LogP contribution in [0.15, 0.2) is 30.3 Å². The summed E-state index contributed by atoms with van der Waals surface area (Å²) in [7, 11) is 0. The Labute approximate surface area is 174 Å². The van der Waals surface area contributed by atoms with Crippen LogP contribution in [0.5, 0.6) is 0 Å². The van der Waals surface area contributed by atoms with Gasteiger partial charge in [-0.05, 0) is 63.6 Å². The average molecular weight is 395 g/mol. The summed E-state index contributed by atoms with van der Waals surface area (Å²) in [6, 6.07) is 11.1. The second-order valence-corrected chi connectivity index (χ2v) is 9.62. The van der Waals surface area contributed by atoms with Crippen LogP contribution in [-0.4, -0.2) is 59.1 Å². The first-order chi connectivity index (χ1) is 14.2. The van der Waals surface area contributed by atoms with Crippen molar-refractivity contribution >= 4 is 12.0 Å². The maximum atomic E-state index is 12.4. The standard InChI is InChI=1S/C25H34N2O2/c1-18-5-7-19(8-6-18)9-10-25(28)29-24-11-13-27-21-14-20-4-2-3-12-26(20)22(15-21)16-23(27)17-24/h5-10,20-24H,2-4,11-17H2,1H3/b10-9-/t20-,21+,22+,23-,24?/m1/s1. The van der Waals surface area contributed by atoms with Crippen LogP contribution in [0.25, 0.3) is 6.08 Å². The summed E-state index contributed by atoms with van der Waals surface area (Å²) in [4.78, 5) is 18.0. The van der Waals surface area contributed by atoms with Gasteiger partial charge in [0.05, 0.1) is 0 Å². The van der Waals surface area contributed by atoms with Crippen molar-refractivity contribution in [2.45, 2.75) is 88.6 Å². The molecule has 4 nitrogen and oxygen atoms in total. The van der Waals surface area contributed by atoms with E-state index in [4.69, 9.17) is 4.74 Å². The molecule has 4 saturated heterocycles. The smallest absolute Gasteiger partial charge is 0.331 e. The highest BCUT2D eigenvalue weighted by Gasteiger charge is 2.47. The number of hydrogen-bond donors (Lipinski definition) is 0. The van der Waals surface area contributed by atoms with E-state index in [1.165, 1.54) is 50.6 Å². The maximum absolute atomic E-state index is 12.4. The molecular formula is C25H34N2O2. The van der Waals surface area contributed by atoms with E-state index in [0.29, 0.717) is 6.04 Å². The molecule has 29 heavy (non-hydrogen) atoms. The van der Waals surface area contributed by atoms with Crippen LogP contribution >= 0.6 is 0 Å². The van der Waals surface area contributed by atoms with Gasteiger partial charge in [0.25, 0.3) is 0 Å². The third kappa shape index (κ3) is 4.15. The topological polar surface area (TPSA) is 32.8 Å². The molecule has 0 amide bonds. The number of carbonyl (C=O) groups is 1. The van der Waals surface area contributed by atoms with Crippen LogP contribution in [0.3, 0.4) is 0 Å². The third-order valence-electron chi connectivity index (χ3n) is 7.73. The maximum Gasteiger partial charge on any atom is 0.331 e. The summed E-state index contributed by atoms with van der Waals surface area (Å²) in [6.45, 7) is 4.46. The lowest BCUT2D eigenvalue weighted by atomic mass is 9.76. The fourth-order valence-electron chi connectivity index (χ4n) is 6.33. The number of hydrogen-bond acceptors (Lipinski definition) is 4. The molecule has 0 N–H and O–H groups in total. The van der Waals surface area contributed by atoms with Crippen molar-refractivity contribution in [1.82, 2.24) is 9.80 Å². The second kappa shape index (κ2) is 8.23. The van der Waals surface area contributed by atoms with E-state index >= 15 is 0 Å². The van der Waals surface area contributed by atoms with Gasteiger partial charge in [-0.3, -0.25) is 9.80 Å². The summed E-state index contributed by atoms with van der Waals surface area (Å²) in [6.07, 6.45) is 13.7. The molecular weight excluding hydrogens is 360 g/mol. The Kier molecular flexibility index (Phi) is 5.49. The lowest BCUT2D eigenvalue weighted by Gasteiger charge is -2.58. The molecule has 0 aliphatic carbocycles. The van der Waals surface area contributed by atoms with Crippen LogP contribution in [0.1, 0.15) is 62.5 Å². The molecule has 0 radical (unpaired) electrons. The van der Waals surface area contributed by atoms with E-state index in [1.807, 2.05) is 18.2 Å². The van der Waals surface area contributed by atoms with Crippen molar-refractivity contribution in [1.29, 1.82) is 0 Å². The number of piperidine rings is 4. The van der Waals surface area contributed by atoms with E-state index in [1.54, 1.807) is 6.08 Å². The second-order valence-electron chi connectivity index (χ2n) is 9.62. The lowest BCUT2D eigenvalue weighted by Crippen LogP contribution is -2.65. The van der Waals surface area contributed by atoms with Gasteiger partial charge in [-0.15, -0.1) is 0 Å². The van der Waals surface area contributed by atoms with E-state index in [0.717, 1.165) is 43.1 Å². The van der Waals surface area contributed by atoms with Gasteiger partial charge in [0, 0.05) is 43.2 Å². The predicted octanol–water partition coefficient (Wildman–Crippen LogP) is 4.17. The highest BCUT2D eigenvalue weighted by atomic mass is 16.5. The van der Waals surface area contributed by atoms with Crippen LogP contribution < -0.4 is 0 Å². The normalized spacial score (nSPS) is 35.1. The molecule has 156 valence electrons. The number of aryl methyl sites for hydroxylation is 1. The lowest BCUT2D eigenvalue weighted by molar-refractivity contribution is -0.149. The van der Waals surface area contributed by atoms with Crippen molar-refractivity contribution in [3.63, 3.8) is 0 Å². The fourth-order valence-corrected chi connectivity index (χ4v) is 6.33. The van der Waals surface area contributed by atoms with Crippen LogP contribution in [0.2, 0.25) is 0 Å². The first kappa shape index (κ1) is 19.3. The molecule has 0 saturated carbocycles. The Balaban J connectivity index is 1.18. The minimum Gasteiger partial charge on any atom is -0.459 e. The molecule has 2 bridgehead atoms. The average Bonchev–Trinajstić information content (AvgIpc) is 2.73. The van der Waals surface area contributed by atoms with E-state index < -0.39 is 0 Å². The number of rotatable bonds is 3. The van der Waals surface area contributed by atoms with Crippen LogP contribution in [0.4, 0.5) is 0 Å². The van der Waals surface area contributed by atoms with Gasteiger partial charge in [0.1, 0.15) is 6.10 Å². The summed E-state index contributed by atoms with van der Waals surface area (Å²) in [5.41, 5.74) is 2.27. The van der Waals surface area contributed by atoms with Crippen molar-refractivity contribution in [2.24, 2.45) is 0 Å². The number of nitrogens with zero attached hydrogens (tertiary/aromatic N) is 2. The third-order valence-corrected chi connectivity index (χ3v) is 7.73. The van der Waals surface area contributed by atoms with E-state index in [2.05, 4.69) is 28.9 Å². The molecule has 0 aromatic heterocycles. The molecule has 0 spiro atoms. The molecule has 1 aromatic rings. The summed E-state index contributed by atoms with van der Waals surface area (Å²) in [5.74, 6) is -0.198. The Bertz CT molecular complexity index is 759. The van der Waals surface area contributed by atoms with E-state index in [-0.39, 0.29) is 12.1 Å². The Morgan fingerprint density at radius 2 is 1.59 bits per heavy atom. The largest absolute Gasteiger partial charge is 0.459 e. The van der Waals surface area contributed by atoms with Gasteiger partial charge in [-0.25, -0.2) is 4.79 Å². The Morgan fingerprint density at radius 3 is 2.38 bits per heavy atom. The monoisotopic (exact) mass is 394 g/mol. The number of carbonyl (C=O) groups excluding carboxylic acids is 1. The van der Waals surface area contributed by atoms with Crippen molar-refractivity contribution in [3.05, 3.63) is 41.5 Å². The molecule has 4 heteroatoms. The number of fused-ring (bicyclic) bond motifs is 6. The molecule has 4 aliphatic heterocycles. The first-order valence-electron chi connectivity index (χ1n) is 11.6. The molecule has 1 unspecified atom stereocenters. The molecule has 5 rings (SSSR count). The van der Waals surface area contributed by atoms with Gasteiger partial charge in [0.2, 0.25) is 0 Å². The van der Waals surface area contributed by atoms with Gasteiger partial charge in [0.15, 0.2) is 0 Å². The molecule has 5 atom stereocenters. The first-order valence-corrected chi connectivity index (χ1v) is 11.6. The van der Waals surface area contributed by atoms with Crippen molar-refractivity contribution < 1.29 is 9.53 Å². The zero-order valence-electron chi connectivity index (χ0n) is 17.6. The van der Waals surface area contributed by atoms with Crippen LogP contribution in [0, 0.1) is 6.92 Å². The van der Waals surface area contributed by atoms with Crippen molar-refractivity contribution in [3.8, 4) is 0 Å². The minimum atomic E-state index is -0.198. The number of ether oxygens (including phenoxy) is 1. The SMILES string of the molecule is Cc1ccc(/C=C\C(=O)OC2CCN3[C@@H]4C[C@@H](C[C@@H]3C2)N2CCCC[C@@H]2C4)cc1. The summed E-state index contributed by atoms with van der Waals surface area (Å²) >= 11 is 0. The van der Waals surface area contributed by atoms with Gasteiger partial charge in [-0.2, -0.15) is 0 Å². The zero-order chi connectivity index (χ0) is 19.8. The highest BCUT2D eigenvalue weighted by Crippen LogP contribution is 2.42. The quantitative estimate of drug-likeness (QED) is 0.569. The van der Waals surface area contributed by atoms with Crippen molar-refractivity contribution in [2.75, 3.05) is 13.1 Å². The van der Waals surface area contributed by atoms with Gasteiger partial charge in [-0.1, -0.05) is 36.2 Å². The Morgan fingerprint density at radius 1 is 0.897 bits per heavy atom. The number of esters is 1. The minimum absolute atomic E-state index is 0.0717. The fraction of sp³-hybridized carbons (Fsp3) is 0.640. The summed E-state index contributed by atoms with van der Waals surface area (Å²) in [5, 5.41) is 0. The van der Waals surface area contributed by atoms with E-state index in [9.17, 15) is 4.79 Å². The van der Waals surface area contributed by atoms with Gasteiger partial charge >= 0.3 is 5.97 Å². The molecule has 4 fully saturated rings. The van der Waals surface area contributed by atoms with Gasteiger partial charge < -0.3 is 4.74 Å². The molecule has 1 aromatic carbocycles. The van der Waals surface area contributed by atoms with Crippen LogP contribution in [-0.2, 0) is 9.53 Å². The molecule has 4 heterocycles. The summed E-state index contributed by atoms with van der Waals surface area (Å²) < 4.78 is 5.85. The number of benzene rings is 1.